The number of benzene rings is 2. The molecule has 0 aliphatic heterocycles. The standard InChI is InChI=1S/C24H29NO3/c1-7-24(4,5)20-14-18(23(15-22(20)27)28-16(2)3)10-13-21(26)17-8-11-19(25-6)12-9-17/h7-16,25,27H,1H2,2-6H3. The zero-order chi connectivity index (χ0) is 20.9. The molecular weight excluding hydrogens is 350 g/mol. The molecule has 0 unspecified atom stereocenters. The van der Waals surface area contributed by atoms with Crippen LogP contribution in [0.2, 0.25) is 0 Å². The van der Waals surface area contributed by atoms with Gasteiger partial charge in [0.25, 0.3) is 0 Å². The van der Waals surface area contributed by atoms with Gasteiger partial charge in [-0.3, -0.25) is 4.79 Å². The average Bonchev–Trinajstić information content (AvgIpc) is 2.66. The summed E-state index contributed by atoms with van der Waals surface area (Å²) < 4.78 is 5.84. The van der Waals surface area contributed by atoms with Gasteiger partial charge in [-0.1, -0.05) is 19.9 Å². The van der Waals surface area contributed by atoms with Gasteiger partial charge in [0.15, 0.2) is 5.78 Å². The smallest absolute Gasteiger partial charge is 0.185 e. The lowest BCUT2D eigenvalue weighted by molar-refractivity contribution is 0.104. The van der Waals surface area contributed by atoms with Crippen LogP contribution in [0.5, 0.6) is 11.5 Å². The molecule has 4 nitrogen and oxygen atoms in total. The minimum atomic E-state index is -0.421. The van der Waals surface area contributed by atoms with Crippen molar-refractivity contribution in [3.63, 3.8) is 0 Å². The fraction of sp³-hybridized carbons (Fsp3) is 0.292. The SMILES string of the molecule is C=CC(C)(C)c1cc(C=CC(=O)c2ccc(NC)cc2)c(OC(C)C)cc1O. The molecular formula is C24H29NO3. The number of phenolic OH excluding ortho intramolecular Hbond substituents is 1. The highest BCUT2D eigenvalue weighted by Crippen LogP contribution is 2.37. The lowest BCUT2D eigenvalue weighted by Gasteiger charge is -2.24. The van der Waals surface area contributed by atoms with Crippen LogP contribution in [-0.4, -0.2) is 24.0 Å². The monoisotopic (exact) mass is 379 g/mol. The van der Waals surface area contributed by atoms with Gasteiger partial charge in [0.1, 0.15) is 11.5 Å². The van der Waals surface area contributed by atoms with E-state index >= 15 is 0 Å². The van der Waals surface area contributed by atoms with Crippen molar-refractivity contribution in [2.45, 2.75) is 39.2 Å². The van der Waals surface area contributed by atoms with Crippen LogP contribution in [0.4, 0.5) is 5.69 Å². The first-order valence-corrected chi connectivity index (χ1v) is 9.36. The second-order valence-corrected chi connectivity index (χ2v) is 7.52. The highest BCUT2D eigenvalue weighted by Gasteiger charge is 2.22. The second-order valence-electron chi connectivity index (χ2n) is 7.52. The van der Waals surface area contributed by atoms with E-state index in [1.807, 2.05) is 52.9 Å². The Morgan fingerprint density at radius 1 is 1.21 bits per heavy atom. The highest BCUT2D eigenvalue weighted by atomic mass is 16.5. The van der Waals surface area contributed by atoms with Crippen LogP contribution in [0.15, 0.2) is 55.1 Å². The van der Waals surface area contributed by atoms with E-state index in [0.717, 1.165) is 16.8 Å². The Morgan fingerprint density at radius 3 is 2.39 bits per heavy atom. The average molecular weight is 380 g/mol. The highest BCUT2D eigenvalue weighted by molar-refractivity contribution is 6.07. The largest absolute Gasteiger partial charge is 0.507 e. The van der Waals surface area contributed by atoms with E-state index in [4.69, 9.17) is 4.74 Å². The van der Waals surface area contributed by atoms with Crippen LogP contribution in [0.1, 0.15) is 49.2 Å². The summed E-state index contributed by atoms with van der Waals surface area (Å²) in [7, 11) is 1.83. The number of ether oxygens (including phenoxy) is 1. The molecule has 0 heterocycles. The van der Waals surface area contributed by atoms with E-state index in [2.05, 4.69) is 11.9 Å². The van der Waals surface area contributed by atoms with Gasteiger partial charge in [0.05, 0.1) is 6.10 Å². The zero-order valence-corrected chi connectivity index (χ0v) is 17.2. The Bertz CT molecular complexity index is 877. The Balaban J connectivity index is 2.42. The van der Waals surface area contributed by atoms with Crippen molar-refractivity contribution >= 4 is 17.5 Å². The normalized spacial score (nSPS) is 11.6. The summed E-state index contributed by atoms with van der Waals surface area (Å²) in [4.78, 5) is 12.5. The summed E-state index contributed by atoms with van der Waals surface area (Å²) in [5, 5.41) is 13.5. The molecule has 0 radical (unpaired) electrons. The molecule has 0 atom stereocenters. The quantitative estimate of drug-likeness (QED) is 0.357. The molecule has 0 spiro atoms. The molecule has 0 bridgehead atoms. The van der Waals surface area contributed by atoms with Gasteiger partial charge in [-0.25, -0.2) is 0 Å². The third-order valence-electron chi connectivity index (χ3n) is 4.57. The Labute approximate surface area is 167 Å². The van der Waals surface area contributed by atoms with Gasteiger partial charge in [0, 0.05) is 40.9 Å². The molecule has 0 saturated carbocycles. The van der Waals surface area contributed by atoms with Gasteiger partial charge < -0.3 is 15.2 Å². The third kappa shape index (κ3) is 5.03. The predicted molar refractivity (Wildman–Crippen MR) is 116 cm³/mol. The first-order chi connectivity index (χ1) is 13.2. The number of carbonyl (C=O) groups excluding carboxylic acids is 1. The van der Waals surface area contributed by atoms with E-state index in [9.17, 15) is 9.90 Å². The number of aromatic hydroxyl groups is 1. The van der Waals surface area contributed by atoms with Gasteiger partial charge >= 0.3 is 0 Å². The van der Waals surface area contributed by atoms with Gasteiger partial charge in [-0.05, 0) is 56.3 Å². The summed E-state index contributed by atoms with van der Waals surface area (Å²) >= 11 is 0. The van der Waals surface area contributed by atoms with Crippen molar-refractivity contribution in [1.82, 2.24) is 0 Å². The number of phenols is 1. The second kappa shape index (κ2) is 8.79. The van der Waals surface area contributed by atoms with Crippen LogP contribution in [0, 0.1) is 0 Å². The van der Waals surface area contributed by atoms with E-state index < -0.39 is 5.41 Å². The number of ketones is 1. The zero-order valence-electron chi connectivity index (χ0n) is 17.2. The first-order valence-electron chi connectivity index (χ1n) is 9.36. The molecule has 0 aliphatic rings. The van der Waals surface area contributed by atoms with Crippen LogP contribution < -0.4 is 10.1 Å². The summed E-state index contributed by atoms with van der Waals surface area (Å²) in [5.41, 5.74) is 2.59. The van der Waals surface area contributed by atoms with Crippen molar-refractivity contribution in [3.8, 4) is 11.5 Å². The Hall–Kier alpha value is -3.01. The van der Waals surface area contributed by atoms with Crippen molar-refractivity contribution in [3.05, 3.63) is 71.8 Å². The molecule has 2 N–H and O–H groups in total. The lowest BCUT2D eigenvalue weighted by Crippen LogP contribution is -2.14. The number of rotatable bonds is 8. The molecule has 0 fully saturated rings. The molecule has 148 valence electrons. The van der Waals surface area contributed by atoms with E-state index in [1.54, 1.807) is 30.4 Å². The number of allylic oxidation sites excluding steroid dienone is 2. The number of hydrogen-bond acceptors (Lipinski definition) is 4. The molecule has 2 rings (SSSR count). The van der Waals surface area contributed by atoms with Crippen molar-refractivity contribution in [2.75, 3.05) is 12.4 Å². The lowest BCUT2D eigenvalue weighted by atomic mass is 9.83. The van der Waals surface area contributed by atoms with Crippen molar-refractivity contribution in [1.29, 1.82) is 0 Å². The van der Waals surface area contributed by atoms with E-state index in [-0.39, 0.29) is 17.6 Å². The minimum absolute atomic E-state index is 0.0606. The Kier molecular flexibility index (Phi) is 6.68. The molecule has 4 heteroatoms. The fourth-order valence-corrected chi connectivity index (χ4v) is 2.76. The van der Waals surface area contributed by atoms with Gasteiger partial charge in [0.2, 0.25) is 0 Å². The fourth-order valence-electron chi connectivity index (χ4n) is 2.76. The number of nitrogens with one attached hydrogen (secondary N) is 1. The maximum absolute atomic E-state index is 12.5. The van der Waals surface area contributed by atoms with Crippen molar-refractivity contribution < 1.29 is 14.6 Å². The van der Waals surface area contributed by atoms with E-state index in [1.165, 1.54) is 6.08 Å². The molecule has 2 aromatic carbocycles. The molecule has 0 aromatic heterocycles. The molecule has 2 aromatic rings. The summed E-state index contributed by atoms with van der Waals surface area (Å²) in [6, 6.07) is 10.7. The number of carbonyl (C=O) groups is 1. The Morgan fingerprint density at radius 2 is 1.86 bits per heavy atom. The van der Waals surface area contributed by atoms with E-state index in [0.29, 0.717) is 11.3 Å². The molecule has 0 saturated heterocycles. The topological polar surface area (TPSA) is 58.6 Å². The van der Waals surface area contributed by atoms with Gasteiger partial charge in [-0.2, -0.15) is 0 Å². The predicted octanol–water partition coefficient (Wildman–Crippen LogP) is 5.58. The summed E-state index contributed by atoms with van der Waals surface area (Å²) in [6.07, 6.45) is 4.98. The maximum Gasteiger partial charge on any atom is 0.185 e. The third-order valence-corrected chi connectivity index (χ3v) is 4.57. The van der Waals surface area contributed by atoms with Crippen LogP contribution in [0.3, 0.4) is 0 Å². The van der Waals surface area contributed by atoms with Crippen molar-refractivity contribution in [2.24, 2.45) is 0 Å². The number of hydrogen-bond donors (Lipinski definition) is 2. The van der Waals surface area contributed by atoms with Crippen LogP contribution in [-0.2, 0) is 5.41 Å². The summed E-state index contributed by atoms with van der Waals surface area (Å²) in [5.74, 6) is 0.577. The summed E-state index contributed by atoms with van der Waals surface area (Å²) in [6.45, 7) is 11.6. The first kappa shape index (κ1) is 21.3. The molecule has 0 aliphatic carbocycles. The molecule has 0 amide bonds. The molecule has 28 heavy (non-hydrogen) atoms. The number of anilines is 1. The van der Waals surface area contributed by atoms with Gasteiger partial charge in [-0.15, -0.1) is 6.58 Å². The minimum Gasteiger partial charge on any atom is -0.507 e. The maximum atomic E-state index is 12.5. The van der Waals surface area contributed by atoms with Crippen LogP contribution in [0.25, 0.3) is 6.08 Å². The van der Waals surface area contributed by atoms with Crippen LogP contribution >= 0.6 is 0 Å².